The van der Waals surface area contributed by atoms with E-state index in [1.54, 1.807) is 14.0 Å². The molecule has 1 atom stereocenters. The van der Waals surface area contributed by atoms with E-state index in [0.717, 1.165) is 0 Å². The van der Waals surface area contributed by atoms with Crippen LogP contribution < -0.4 is 11.1 Å². The van der Waals surface area contributed by atoms with Crippen LogP contribution in [0.3, 0.4) is 0 Å². The van der Waals surface area contributed by atoms with Crippen LogP contribution in [0.4, 0.5) is 13.2 Å². The number of nitrogens with two attached hydrogens (primary N) is 1. The molecule has 0 aliphatic carbocycles. The third-order valence-corrected chi connectivity index (χ3v) is 2.15. The molecule has 5 nitrogen and oxygen atoms in total. The standard InChI is InChI=1S/C9H13F3N4O/c1-5-6(3-16(2)15-5)7(8(13)17)14-4-9(10,11)12/h3,7,14H,4H2,1-2H3,(H2,13,17). The van der Waals surface area contributed by atoms with Gasteiger partial charge in [-0.25, -0.2) is 0 Å². The summed E-state index contributed by atoms with van der Waals surface area (Å²) in [5.74, 6) is -0.870. The molecule has 0 radical (unpaired) electrons. The fourth-order valence-electron chi connectivity index (χ4n) is 1.48. The zero-order valence-electron chi connectivity index (χ0n) is 9.38. The van der Waals surface area contributed by atoms with Crippen molar-refractivity contribution >= 4 is 5.91 Å². The Morgan fingerprint density at radius 1 is 1.65 bits per heavy atom. The van der Waals surface area contributed by atoms with E-state index in [0.29, 0.717) is 11.3 Å². The van der Waals surface area contributed by atoms with E-state index in [9.17, 15) is 18.0 Å². The molecule has 3 N–H and O–H groups in total. The third-order valence-electron chi connectivity index (χ3n) is 2.15. The summed E-state index contributed by atoms with van der Waals surface area (Å²) in [6.45, 7) is 0.315. The molecule has 17 heavy (non-hydrogen) atoms. The summed E-state index contributed by atoms with van der Waals surface area (Å²) < 4.78 is 37.6. The summed E-state index contributed by atoms with van der Waals surface area (Å²) in [6.07, 6.45) is -2.93. The fourth-order valence-corrected chi connectivity index (χ4v) is 1.48. The van der Waals surface area contributed by atoms with Crippen molar-refractivity contribution in [3.05, 3.63) is 17.5 Å². The van der Waals surface area contributed by atoms with Crippen LogP contribution in [0.1, 0.15) is 17.3 Å². The maximum Gasteiger partial charge on any atom is 0.401 e. The van der Waals surface area contributed by atoms with Gasteiger partial charge in [-0.05, 0) is 6.92 Å². The molecule has 0 fully saturated rings. The molecule has 1 unspecified atom stereocenters. The Labute approximate surface area is 95.8 Å². The van der Waals surface area contributed by atoms with Crippen LogP contribution in [0.2, 0.25) is 0 Å². The molecule has 0 bridgehead atoms. The lowest BCUT2D eigenvalue weighted by Crippen LogP contribution is -2.39. The minimum absolute atomic E-state index is 0.351. The molecule has 8 heteroatoms. The number of halogens is 3. The topological polar surface area (TPSA) is 72.9 Å². The number of nitrogens with one attached hydrogen (secondary N) is 1. The van der Waals surface area contributed by atoms with Crippen molar-refractivity contribution in [2.24, 2.45) is 12.8 Å². The highest BCUT2D eigenvalue weighted by Crippen LogP contribution is 2.19. The predicted molar refractivity (Wildman–Crippen MR) is 53.9 cm³/mol. The van der Waals surface area contributed by atoms with Gasteiger partial charge in [0.25, 0.3) is 0 Å². The van der Waals surface area contributed by atoms with Gasteiger partial charge in [0, 0.05) is 18.8 Å². The van der Waals surface area contributed by atoms with Crippen LogP contribution in [-0.4, -0.2) is 28.4 Å². The quantitative estimate of drug-likeness (QED) is 0.812. The summed E-state index contributed by atoms with van der Waals surface area (Å²) in [5, 5.41) is 6.02. The van der Waals surface area contributed by atoms with Gasteiger partial charge in [-0.3, -0.25) is 14.8 Å². The number of hydrogen-bond donors (Lipinski definition) is 2. The SMILES string of the molecule is Cc1nn(C)cc1C(NCC(F)(F)F)C(N)=O. The molecule has 1 rings (SSSR count). The van der Waals surface area contributed by atoms with Crippen LogP contribution in [0.25, 0.3) is 0 Å². The molecule has 1 aromatic rings. The van der Waals surface area contributed by atoms with Crippen LogP contribution in [0.5, 0.6) is 0 Å². The lowest BCUT2D eigenvalue weighted by molar-refractivity contribution is -0.130. The van der Waals surface area contributed by atoms with E-state index in [2.05, 4.69) is 10.4 Å². The Hall–Kier alpha value is -1.57. The molecule has 0 saturated heterocycles. The van der Waals surface area contributed by atoms with Gasteiger partial charge in [-0.2, -0.15) is 18.3 Å². The normalized spacial score (nSPS) is 13.7. The van der Waals surface area contributed by atoms with E-state index >= 15 is 0 Å². The second-order valence-electron chi connectivity index (χ2n) is 3.67. The molecule has 0 aromatic carbocycles. The van der Waals surface area contributed by atoms with Crippen LogP contribution in [0, 0.1) is 6.92 Å². The first-order valence-electron chi connectivity index (χ1n) is 4.80. The number of nitrogens with zero attached hydrogens (tertiary/aromatic N) is 2. The van der Waals surface area contributed by atoms with Gasteiger partial charge in [-0.1, -0.05) is 0 Å². The number of aryl methyl sites for hydroxylation is 2. The number of carbonyl (C=O) groups is 1. The molecule has 0 aliphatic heterocycles. The number of carbonyl (C=O) groups excluding carboxylic acids is 1. The average Bonchev–Trinajstić information content (AvgIpc) is 2.43. The molecule has 96 valence electrons. The smallest absolute Gasteiger partial charge is 0.368 e. The number of alkyl halides is 3. The molecule has 0 aliphatic rings. The molecular weight excluding hydrogens is 237 g/mol. The predicted octanol–water partition coefficient (Wildman–Crippen LogP) is 0.407. The molecule has 0 saturated carbocycles. The van der Waals surface area contributed by atoms with Crippen molar-refractivity contribution in [2.45, 2.75) is 19.1 Å². The Kier molecular flexibility index (Phi) is 3.76. The first kappa shape index (κ1) is 13.5. The molecule has 1 heterocycles. The zero-order valence-corrected chi connectivity index (χ0v) is 9.38. The molecule has 0 spiro atoms. The fraction of sp³-hybridized carbons (Fsp3) is 0.556. The van der Waals surface area contributed by atoms with E-state index in [1.165, 1.54) is 10.9 Å². The highest BCUT2D eigenvalue weighted by Gasteiger charge is 2.31. The van der Waals surface area contributed by atoms with Crippen molar-refractivity contribution in [1.29, 1.82) is 0 Å². The van der Waals surface area contributed by atoms with Gasteiger partial charge in [0.15, 0.2) is 0 Å². The maximum atomic E-state index is 12.1. The highest BCUT2D eigenvalue weighted by atomic mass is 19.4. The first-order valence-corrected chi connectivity index (χ1v) is 4.80. The zero-order chi connectivity index (χ0) is 13.2. The van der Waals surface area contributed by atoms with Crippen LogP contribution >= 0.6 is 0 Å². The van der Waals surface area contributed by atoms with Crippen molar-refractivity contribution < 1.29 is 18.0 Å². The largest absolute Gasteiger partial charge is 0.401 e. The number of rotatable bonds is 4. The van der Waals surface area contributed by atoms with Gasteiger partial charge >= 0.3 is 6.18 Å². The van der Waals surface area contributed by atoms with E-state index in [-0.39, 0.29) is 0 Å². The summed E-state index contributed by atoms with van der Waals surface area (Å²) in [5.41, 5.74) is 5.89. The van der Waals surface area contributed by atoms with Gasteiger partial charge in [0.2, 0.25) is 5.91 Å². The Morgan fingerprint density at radius 3 is 2.59 bits per heavy atom. The Balaban J connectivity index is 2.87. The van der Waals surface area contributed by atoms with Crippen molar-refractivity contribution in [2.75, 3.05) is 6.54 Å². The van der Waals surface area contributed by atoms with Gasteiger partial charge in [-0.15, -0.1) is 0 Å². The van der Waals surface area contributed by atoms with Gasteiger partial charge in [0.1, 0.15) is 6.04 Å². The highest BCUT2D eigenvalue weighted by molar-refractivity contribution is 5.81. The molecular formula is C9H13F3N4O. The van der Waals surface area contributed by atoms with Gasteiger partial charge < -0.3 is 5.73 Å². The summed E-state index contributed by atoms with van der Waals surface area (Å²) in [7, 11) is 1.61. The van der Waals surface area contributed by atoms with Crippen molar-refractivity contribution in [3.8, 4) is 0 Å². The van der Waals surface area contributed by atoms with Crippen molar-refractivity contribution in [3.63, 3.8) is 0 Å². The van der Waals surface area contributed by atoms with E-state index in [4.69, 9.17) is 5.73 Å². The van der Waals surface area contributed by atoms with E-state index < -0.39 is 24.7 Å². The summed E-state index contributed by atoms with van der Waals surface area (Å²) >= 11 is 0. The Bertz CT molecular complexity index is 413. The molecule has 1 aromatic heterocycles. The van der Waals surface area contributed by atoms with Gasteiger partial charge in [0.05, 0.1) is 12.2 Å². The number of aromatic nitrogens is 2. The maximum absolute atomic E-state index is 12.1. The lowest BCUT2D eigenvalue weighted by atomic mass is 10.1. The number of amides is 1. The minimum Gasteiger partial charge on any atom is -0.368 e. The summed E-state index contributed by atoms with van der Waals surface area (Å²) in [6, 6.07) is -1.19. The molecule has 1 amide bonds. The number of hydrogen-bond acceptors (Lipinski definition) is 3. The monoisotopic (exact) mass is 250 g/mol. The van der Waals surface area contributed by atoms with Crippen LogP contribution in [0.15, 0.2) is 6.20 Å². The first-order chi connectivity index (χ1) is 7.70. The van der Waals surface area contributed by atoms with E-state index in [1.807, 2.05) is 0 Å². The van der Waals surface area contributed by atoms with Crippen molar-refractivity contribution in [1.82, 2.24) is 15.1 Å². The number of primary amides is 1. The third kappa shape index (κ3) is 3.74. The summed E-state index contributed by atoms with van der Waals surface area (Å²) in [4.78, 5) is 11.1. The van der Waals surface area contributed by atoms with Crippen LogP contribution in [-0.2, 0) is 11.8 Å². The minimum atomic E-state index is -4.40. The lowest BCUT2D eigenvalue weighted by Gasteiger charge is -2.16. The Morgan fingerprint density at radius 2 is 2.24 bits per heavy atom. The second kappa shape index (κ2) is 4.74. The second-order valence-corrected chi connectivity index (χ2v) is 3.67. The average molecular weight is 250 g/mol.